The second-order valence-corrected chi connectivity index (χ2v) is 8.23. The highest BCUT2D eigenvalue weighted by Crippen LogP contribution is 2.27. The van der Waals surface area contributed by atoms with Crippen LogP contribution in [0, 0.1) is 6.92 Å². The average Bonchev–Trinajstić information content (AvgIpc) is 3.33. The van der Waals surface area contributed by atoms with E-state index in [1.54, 1.807) is 11.3 Å². The van der Waals surface area contributed by atoms with Crippen molar-refractivity contribution in [1.82, 2.24) is 4.90 Å². The quantitative estimate of drug-likeness (QED) is 0.757. The van der Waals surface area contributed by atoms with Crippen molar-refractivity contribution in [3.05, 3.63) is 50.7 Å². The number of rotatable bonds is 6. The molecule has 5 heteroatoms. The molecule has 1 aromatic carbocycles. The lowest BCUT2D eigenvalue weighted by atomic mass is 10.1. The molecule has 1 aliphatic heterocycles. The van der Waals surface area contributed by atoms with Crippen LogP contribution in [0.15, 0.2) is 24.3 Å². The van der Waals surface area contributed by atoms with Crippen LogP contribution in [0.5, 0.6) is 0 Å². The van der Waals surface area contributed by atoms with Crippen LogP contribution < -0.4 is 5.32 Å². The Morgan fingerprint density at radius 3 is 2.59 bits per heavy atom. The van der Waals surface area contributed by atoms with E-state index in [-0.39, 0.29) is 11.8 Å². The van der Waals surface area contributed by atoms with Crippen molar-refractivity contribution in [3.63, 3.8) is 0 Å². The molecule has 1 aromatic heterocycles. The molecule has 2 aromatic rings. The topological polar surface area (TPSA) is 49.4 Å². The van der Waals surface area contributed by atoms with Gasteiger partial charge in [-0.1, -0.05) is 26.3 Å². The molecule has 0 aliphatic carbocycles. The molecule has 144 valence electrons. The van der Waals surface area contributed by atoms with Crippen LogP contribution in [-0.2, 0) is 12.8 Å². The van der Waals surface area contributed by atoms with E-state index in [9.17, 15) is 9.59 Å². The average molecular weight is 385 g/mol. The van der Waals surface area contributed by atoms with E-state index in [4.69, 9.17) is 0 Å². The largest absolute Gasteiger partial charge is 0.339 e. The summed E-state index contributed by atoms with van der Waals surface area (Å²) in [5.41, 5.74) is 3.50. The number of benzene rings is 1. The lowest BCUT2D eigenvalue weighted by Gasteiger charge is -2.18. The van der Waals surface area contributed by atoms with Crippen molar-refractivity contribution in [2.24, 2.45) is 0 Å². The van der Waals surface area contributed by atoms with Gasteiger partial charge < -0.3 is 10.2 Å². The van der Waals surface area contributed by atoms with Crippen LogP contribution in [-0.4, -0.2) is 29.8 Å². The fourth-order valence-electron chi connectivity index (χ4n) is 3.59. The van der Waals surface area contributed by atoms with Crippen LogP contribution in [0.1, 0.15) is 69.1 Å². The van der Waals surface area contributed by atoms with E-state index >= 15 is 0 Å². The molecule has 0 saturated carbocycles. The van der Waals surface area contributed by atoms with E-state index in [0.717, 1.165) is 55.6 Å². The van der Waals surface area contributed by atoms with Crippen molar-refractivity contribution in [3.8, 4) is 0 Å². The molecule has 2 amide bonds. The molecule has 27 heavy (non-hydrogen) atoms. The molecule has 0 radical (unpaired) electrons. The summed E-state index contributed by atoms with van der Waals surface area (Å²) in [6.45, 7) is 7.84. The second-order valence-electron chi connectivity index (χ2n) is 7.09. The first-order valence-electron chi connectivity index (χ1n) is 9.87. The van der Waals surface area contributed by atoms with Gasteiger partial charge in [-0.05, 0) is 61.9 Å². The maximum atomic E-state index is 12.8. The van der Waals surface area contributed by atoms with Gasteiger partial charge in [0.25, 0.3) is 11.8 Å². The van der Waals surface area contributed by atoms with Gasteiger partial charge in [0.15, 0.2) is 0 Å². The van der Waals surface area contributed by atoms with E-state index in [1.165, 1.54) is 10.4 Å². The molecular weight excluding hydrogens is 356 g/mol. The zero-order valence-corrected chi connectivity index (χ0v) is 17.2. The Kier molecular flexibility index (Phi) is 6.32. The molecule has 1 N–H and O–H groups in total. The molecule has 0 unspecified atom stereocenters. The predicted octanol–water partition coefficient (Wildman–Crippen LogP) is 5.06. The number of carbonyl (C=O) groups excluding carboxylic acids is 2. The smallest absolute Gasteiger partial charge is 0.265 e. The van der Waals surface area contributed by atoms with Gasteiger partial charge in [0.2, 0.25) is 0 Å². The lowest BCUT2D eigenvalue weighted by molar-refractivity contribution is 0.0791. The Bertz CT molecular complexity index is 835. The van der Waals surface area contributed by atoms with Gasteiger partial charge >= 0.3 is 0 Å². The van der Waals surface area contributed by atoms with Crippen molar-refractivity contribution >= 4 is 28.8 Å². The summed E-state index contributed by atoms with van der Waals surface area (Å²) in [6, 6.07) is 7.58. The van der Waals surface area contributed by atoms with Crippen LogP contribution in [0.25, 0.3) is 0 Å². The molecule has 1 fully saturated rings. The molecule has 1 aliphatic rings. The Morgan fingerprint density at radius 1 is 1.19 bits per heavy atom. The van der Waals surface area contributed by atoms with E-state index < -0.39 is 0 Å². The Morgan fingerprint density at radius 2 is 1.93 bits per heavy atom. The molecule has 3 rings (SSSR count). The number of hydrogen-bond acceptors (Lipinski definition) is 3. The Hall–Kier alpha value is -2.14. The van der Waals surface area contributed by atoms with E-state index in [1.807, 2.05) is 36.1 Å². The van der Waals surface area contributed by atoms with Crippen LogP contribution in [0.4, 0.5) is 5.69 Å². The number of amides is 2. The van der Waals surface area contributed by atoms with Crippen molar-refractivity contribution in [2.75, 3.05) is 18.4 Å². The summed E-state index contributed by atoms with van der Waals surface area (Å²) in [7, 11) is 0. The minimum absolute atomic E-state index is 0.0655. The van der Waals surface area contributed by atoms with Gasteiger partial charge in [-0.15, -0.1) is 11.3 Å². The lowest BCUT2D eigenvalue weighted by Crippen LogP contribution is -2.28. The molecule has 0 spiro atoms. The zero-order chi connectivity index (χ0) is 19.4. The molecular formula is C22H28N2O2S. The van der Waals surface area contributed by atoms with Crippen LogP contribution in [0.2, 0.25) is 0 Å². The highest BCUT2D eigenvalue weighted by molar-refractivity contribution is 7.14. The third-order valence-electron chi connectivity index (χ3n) is 5.18. The number of nitrogens with one attached hydrogen (secondary N) is 1. The zero-order valence-electron chi connectivity index (χ0n) is 16.4. The van der Waals surface area contributed by atoms with Crippen LogP contribution in [0.3, 0.4) is 0 Å². The number of aryl methyl sites for hydroxylation is 2. The number of anilines is 1. The molecule has 2 heterocycles. The molecule has 0 atom stereocenters. The number of nitrogens with zero attached hydrogens (tertiary/aromatic N) is 1. The van der Waals surface area contributed by atoms with Gasteiger partial charge in [0, 0.05) is 29.2 Å². The first-order valence-corrected chi connectivity index (χ1v) is 10.7. The highest BCUT2D eigenvalue weighted by Gasteiger charge is 2.22. The summed E-state index contributed by atoms with van der Waals surface area (Å²) in [6.07, 6.45) is 5.17. The SMILES string of the molecule is CCCc1sc(C(=O)Nc2cccc(C(=O)N3CCCC3)c2C)cc1CC. The van der Waals surface area contributed by atoms with Gasteiger partial charge in [-0.25, -0.2) is 0 Å². The number of hydrogen-bond donors (Lipinski definition) is 1. The standard InChI is InChI=1S/C22H28N2O2S/c1-4-9-19-16(5-2)14-20(27-19)21(25)23-18-11-8-10-17(15(18)3)22(26)24-12-6-7-13-24/h8,10-11,14H,4-7,9,12-13H2,1-3H3,(H,23,25). The second kappa shape index (κ2) is 8.70. The normalized spacial score (nSPS) is 13.8. The highest BCUT2D eigenvalue weighted by atomic mass is 32.1. The third-order valence-corrected chi connectivity index (χ3v) is 6.42. The van der Waals surface area contributed by atoms with Crippen molar-refractivity contribution in [2.45, 2.75) is 52.9 Å². The summed E-state index contributed by atoms with van der Waals surface area (Å²) in [5.74, 6) is -0.0263. The van der Waals surface area contributed by atoms with E-state index in [0.29, 0.717) is 11.3 Å². The predicted molar refractivity (Wildman–Crippen MR) is 112 cm³/mol. The summed E-state index contributed by atoms with van der Waals surface area (Å²) < 4.78 is 0. The third kappa shape index (κ3) is 4.24. The fraction of sp³-hybridized carbons (Fsp3) is 0.455. The maximum absolute atomic E-state index is 12.8. The fourth-order valence-corrected chi connectivity index (χ4v) is 4.84. The van der Waals surface area contributed by atoms with Crippen LogP contribution >= 0.6 is 11.3 Å². The first-order chi connectivity index (χ1) is 13.0. The van der Waals surface area contributed by atoms with Gasteiger partial charge in [-0.3, -0.25) is 9.59 Å². The minimum Gasteiger partial charge on any atom is -0.339 e. The minimum atomic E-state index is -0.0917. The summed E-state index contributed by atoms with van der Waals surface area (Å²) in [4.78, 5) is 29.5. The first kappa shape index (κ1) is 19.6. The van der Waals surface area contributed by atoms with E-state index in [2.05, 4.69) is 19.2 Å². The number of thiophene rings is 1. The van der Waals surface area contributed by atoms with Crippen molar-refractivity contribution in [1.29, 1.82) is 0 Å². The van der Waals surface area contributed by atoms with Gasteiger partial charge in [0.05, 0.1) is 4.88 Å². The molecule has 1 saturated heterocycles. The van der Waals surface area contributed by atoms with Gasteiger partial charge in [-0.2, -0.15) is 0 Å². The monoisotopic (exact) mass is 384 g/mol. The Balaban J connectivity index is 1.80. The number of likely N-dealkylation sites (tertiary alicyclic amines) is 1. The Labute approximate surface area is 165 Å². The number of carbonyl (C=O) groups is 2. The maximum Gasteiger partial charge on any atom is 0.265 e. The molecule has 0 bridgehead atoms. The summed E-state index contributed by atoms with van der Waals surface area (Å²) in [5, 5.41) is 3.02. The van der Waals surface area contributed by atoms with Crippen molar-refractivity contribution < 1.29 is 9.59 Å². The molecule has 4 nitrogen and oxygen atoms in total. The summed E-state index contributed by atoms with van der Waals surface area (Å²) >= 11 is 1.59. The van der Waals surface area contributed by atoms with Gasteiger partial charge in [0.1, 0.15) is 0 Å².